The Kier molecular flexibility index (Phi) is 4.55. The number of nitrogens with one attached hydrogen (secondary N) is 1. The largest absolute Gasteiger partial charge is 0.469 e. The van der Waals surface area contributed by atoms with Crippen molar-refractivity contribution in [3.8, 4) is 0 Å². The molecule has 0 bridgehead atoms. The lowest BCUT2D eigenvalue weighted by atomic mass is 10.2. The van der Waals surface area contributed by atoms with Crippen LogP contribution in [0.5, 0.6) is 0 Å². The predicted molar refractivity (Wildman–Crippen MR) is 80.6 cm³/mol. The molecule has 0 unspecified atom stereocenters. The first-order valence-electron chi connectivity index (χ1n) is 6.56. The van der Waals surface area contributed by atoms with Gasteiger partial charge in [-0.2, -0.15) is 0 Å². The molecule has 0 atom stereocenters. The fourth-order valence-corrected chi connectivity index (χ4v) is 3.06. The van der Waals surface area contributed by atoms with Crippen LogP contribution in [0.4, 0.5) is 0 Å². The molecule has 1 heterocycles. The number of hydrogen-bond donors (Lipinski definition) is 1. The van der Waals surface area contributed by atoms with E-state index < -0.39 is 21.9 Å². The van der Waals surface area contributed by atoms with Gasteiger partial charge in [-0.15, -0.1) is 0 Å². The minimum absolute atomic E-state index is 0.0681. The maximum absolute atomic E-state index is 12.3. The molecular weight excluding hydrogens is 322 g/mol. The maximum Gasteiger partial charge on any atom is 0.337 e. The van der Waals surface area contributed by atoms with Crippen molar-refractivity contribution in [2.45, 2.75) is 18.7 Å². The Balaban J connectivity index is 2.33. The average Bonchev–Trinajstić information content (AvgIpc) is 2.85. The van der Waals surface area contributed by atoms with E-state index >= 15 is 0 Å². The molecule has 1 amide bonds. The number of carbonyl (C=O) groups is 2. The smallest absolute Gasteiger partial charge is 0.337 e. The minimum Gasteiger partial charge on any atom is -0.469 e. The number of carbonyl (C=O) groups excluding carboxylic acids is 2. The SMILES string of the molecule is COC(=O)c1cccc(S(=O)(=O)NC(=O)c2c(C)coc2C)c1. The molecule has 1 N–H and O–H groups in total. The molecule has 2 rings (SSSR count). The van der Waals surface area contributed by atoms with Gasteiger partial charge in [0.1, 0.15) is 5.76 Å². The van der Waals surface area contributed by atoms with Gasteiger partial charge in [0.25, 0.3) is 15.9 Å². The van der Waals surface area contributed by atoms with Gasteiger partial charge in [0, 0.05) is 5.56 Å². The van der Waals surface area contributed by atoms with Gasteiger partial charge in [0.15, 0.2) is 0 Å². The molecule has 0 saturated heterocycles. The van der Waals surface area contributed by atoms with Gasteiger partial charge in [0.05, 0.1) is 29.4 Å². The van der Waals surface area contributed by atoms with E-state index in [0.717, 1.165) is 6.07 Å². The zero-order valence-electron chi connectivity index (χ0n) is 12.7. The molecule has 0 spiro atoms. The van der Waals surface area contributed by atoms with Gasteiger partial charge >= 0.3 is 5.97 Å². The normalized spacial score (nSPS) is 11.1. The fourth-order valence-electron chi connectivity index (χ4n) is 2.05. The van der Waals surface area contributed by atoms with Crippen molar-refractivity contribution in [1.82, 2.24) is 4.72 Å². The molecule has 0 aliphatic heterocycles. The number of esters is 1. The summed E-state index contributed by atoms with van der Waals surface area (Å²) < 4.78 is 36.2. The molecule has 7 nitrogen and oxygen atoms in total. The lowest BCUT2D eigenvalue weighted by Gasteiger charge is -2.08. The Morgan fingerprint density at radius 3 is 2.48 bits per heavy atom. The monoisotopic (exact) mass is 337 g/mol. The molecule has 0 fully saturated rings. The van der Waals surface area contributed by atoms with Crippen LogP contribution in [0.15, 0.2) is 39.8 Å². The van der Waals surface area contributed by atoms with Crippen LogP contribution >= 0.6 is 0 Å². The molecule has 1 aromatic carbocycles. The van der Waals surface area contributed by atoms with Crippen molar-refractivity contribution in [2.75, 3.05) is 7.11 Å². The van der Waals surface area contributed by atoms with Crippen LogP contribution in [0.3, 0.4) is 0 Å². The van der Waals surface area contributed by atoms with E-state index in [4.69, 9.17) is 4.42 Å². The van der Waals surface area contributed by atoms with Crippen LogP contribution in [0, 0.1) is 13.8 Å². The third-order valence-corrected chi connectivity index (χ3v) is 4.51. The number of sulfonamides is 1. The second kappa shape index (κ2) is 6.25. The van der Waals surface area contributed by atoms with Crippen molar-refractivity contribution >= 4 is 21.9 Å². The average molecular weight is 337 g/mol. The van der Waals surface area contributed by atoms with Crippen LogP contribution < -0.4 is 4.72 Å². The highest BCUT2D eigenvalue weighted by molar-refractivity contribution is 7.90. The summed E-state index contributed by atoms with van der Waals surface area (Å²) in [5.41, 5.74) is 0.759. The first kappa shape index (κ1) is 16.8. The quantitative estimate of drug-likeness (QED) is 0.854. The zero-order chi connectivity index (χ0) is 17.2. The second-order valence-corrected chi connectivity index (χ2v) is 6.49. The van der Waals surface area contributed by atoms with Crippen molar-refractivity contribution in [3.05, 3.63) is 53.0 Å². The summed E-state index contributed by atoms with van der Waals surface area (Å²) in [6.45, 7) is 3.20. The molecule has 0 aliphatic rings. The van der Waals surface area contributed by atoms with Crippen molar-refractivity contribution in [2.24, 2.45) is 0 Å². The van der Waals surface area contributed by atoms with E-state index in [9.17, 15) is 18.0 Å². The minimum atomic E-state index is -4.13. The van der Waals surface area contributed by atoms with Crippen molar-refractivity contribution in [1.29, 1.82) is 0 Å². The number of aryl methyl sites for hydroxylation is 2. The third kappa shape index (κ3) is 3.42. The highest BCUT2D eigenvalue weighted by atomic mass is 32.2. The first-order valence-corrected chi connectivity index (χ1v) is 8.05. The van der Waals surface area contributed by atoms with Crippen LogP contribution in [-0.2, 0) is 14.8 Å². The third-order valence-electron chi connectivity index (χ3n) is 3.18. The molecule has 1 aromatic heterocycles. The molecule has 0 radical (unpaired) electrons. The number of amides is 1. The van der Waals surface area contributed by atoms with Gasteiger partial charge in [0.2, 0.25) is 0 Å². The maximum atomic E-state index is 12.3. The number of hydrogen-bond acceptors (Lipinski definition) is 6. The highest BCUT2D eigenvalue weighted by Gasteiger charge is 2.23. The van der Waals surface area contributed by atoms with E-state index in [2.05, 4.69) is 4.74 Å². The summed E-state index contributed by atoms with van der Waals surface area (Å²) in [7, 11) is -2.94. The molecule has 0 saturated carbocycles. The summed E-state index contributed by atoms with van der Waals surface area (Å²) in [4.78, 5) is 23.4. The fraction of sp³-hybridized carbons (Fsp3) is 0.200. The first-order chi connectivity index (χ1) is 10.8. The molecule has 0 aliphatic carbocycles. The Morgan fingerprint density at radius 2 is 1.91 bits per heavy atom. The molecular formula is C15H15NO6S. The van der Waals surface area contributed by atoms with Crippen LogP contribution in [0.25, 0.3) is 0 Å². The van der Waals surface area contributed by atoms with Crippen LogP contribution in [0.1, 0.15) is 32.0 Å². The lowest BCUT2D eigenvalue weighted by molar-refractivity contribution is 0.0600. The number of methoxy groups -OCH3 is 1. The van der Waals surface area contributed by atoms with Gasteiger partial charge in [-0.1, -0.05) is 6.07 Å². The topological polar surface area (TPSA) is 103 Å². The zero-order valence-corrected chi connectivity index (χ0v) is 13.6. The van der Waals surface area contributed by atoms with E-state index in [1.54, 1.807) is 13.8 Å². The standard InChI is InChI=1S/C15H15NO6S/c1-9-8-22-10(2)13(9)14(17)16-23(19,20)12-6-4-5-11(7-12)15(18)21-3/h4-8H,1-3H3,(H,16,17). The summed E-state index contributed by atoms with van der Waals surface area (Å²) in [5, 5.41) is 0. The number of furan rings is 1. The molecule has 122 valence electrons. The summed E-state index contributed by atoms with van der Waals surface area (Å²) in [6, 6.07) is 5.21. The summed E-state index contributed by atoms with van der Waals surface area (Å²) in [5.74, 6) is -1.15. The van der Waals surface area contributed by atoms with E-state index in [1.165, 1.54) is 31.6 Å². The predicted octanol–water partition coefficient (Wildman–Crippen LogP) is 1.80. The van der Waals surface area contributed by atoms with Crippen LogP contribution in [0.2, 0.25) is 0 Å². The van der Waals surface area contributed by atoms with Gasteiger partial charge in [-0.25, -0.2) is 17.9 Å². The van der Waals surface area contributed by atoms with Gasteiger partial charge in [-0.05, 0) is 32.0 Å². The van der Waals surface area contributed by atoms with Gasteiger partial charge < -0.3 is 9.15 Å². The Hall–Kier alpha value is -2.61. The Labute approximate surface area is 133 Å². The second-order valence-electron chi connectivity index (χ2n) is 4.80. The molecule has 2 aromatic rings. The summed E-state index contributed by atoms with van der Waals surface area (Å²) in [6.07, 6.45) is 1.37. The number of rotatable bonds is 4. The Bertz CT molecular complexity index is 846. The van der Waals surface area contributed by atoms with E-state index in [0.29, 0.717) is 11.3 Å². The summed E-state index contributed by atoms with van der Waals surface area (Å²) >= 11 is 0. The lowest BCUT2D eigenvalue weighted by Crippen LogP contribution is -2.31. The van der Waals surface area contributed by atoms with Crippen LogP contribution in [-0.4, -0.2) is 27.4 Å². The molecule has 23 heavy (non-hydrogen) atoms. The highest BCUT2D eigenvalue weighted by Crippen LogP contribution is 2.17. The Morgan fingerprint density at radius 1 is 1.22 bits per heavy atom. The van der Waals surface area contributed by atoms with E-state index in [1.807, 2.05) is 4.72 Å². The van der Waals surface area contributed by atoms with Gasteiger partial charge in [-0.3, -0.25) is 4.79 Å². The molecule has 8 heteroatoms. The number of ether oxygens (including phenoxy) is 1. The van der Waals surface area contributed by atoms with Crippen molar-refractivity contribution in [3.63, 3.8) is 0 Å². The number of benzene rings is 1. The van der Waals surface area contributed by atoms with Crippen molar-refractivity contribution < 1.29 is 27.2 Å². The van der Waals surface area contributed by atoms with E-state index in [-0.39, 0.29) is 16.0 Å².